The number of sulfonamides is 1. The number of hydrogen-bond acceptors (Lipinski definition) is 4. The Labute approximate surface area is 128 Å². The van der Waals surface area contributed by atoms with Crippen LogP contribution in [0.15, 0.2) is 48.5 Å². The second-order valence-corrected chi connectivity index (χ2v) is 6.63. The summed E-state index contributed by atoms with van der Waals surface area (Å²) in [5.74, 6) is 0.376. The van der Waals surface area contributed by atoms with Gasteiger partial charge in [-0.2, -0.15) is 0 Å². The van der Waals surface area contributed by atoms with Gasteiger partial charge in [0, 0.05) is 22.5 Å². The lowest BCUT2D eigenvalue weighted by Crippen LogP contribution is -2.21. The van der Waals surface area contributed by atoms with Crippen LogP contribution in [0.5, 0.6) is 5.75 Å². The van der Waals surface area contributed by atoms with Crippen molar-refractivity contribution in [3.63, 3.8) is 0 Å². The van der Waals surface area contributed by atoms with Gasteiger partial charge in [-0.05, 0) is 36.4 Å². The smallest absolute Gasteiger partial charge is 0.236 e. The Kier molecular flexibility index (Phi) is 4.93. The van der Waals surface area contributed by atoms with Gasteiger partial charge in [0.1, 0.15) is 18.1 Å². The first-order valence-electron chi connectivity index (χ1n) is 6.19. The standard InChI is InChI=1S/C14H15ClN2O3S/c15-11-4-6-13(7-5-11)17-21(18,19)9-8-20-14-3-1-2-12(16)10-14/h1-7,10,17H,8-9,16H2. The third-order valence-electron chi connectivity index (χ3n) is 2.60. The van der Waals surface area contributed by atoms with Gasteiger partial charge in [-0.25, -0.2) is 8.42 Å². The zero-order valence-corrected chi connectivity index (χ0v) is 12.7. The van der Waals surface area contributed by atoms with Gasteiger partial charge < -0.3 is 10.5 Å². The number of anilines is 2. The maximum Gasteiger partial charge on any atom is 0.236 e. The summed E-state index contributed by atoms with van der Waals surface area (Å²) in [5.41, 5.74) is 6.64. The molecule has 0 bridgehead atoms. The SMILES string of the molecule is Nc1cccc(OCCS(=O)(=O)Nc2ccc(Cl)cc2)c1. The van der Waals surface area contributed by atoms with E-state index in [1.165, 1.54) is 0 Å². The summed E-state index contributed by atoms with van der Waals surface area (Å²) in [4.78, 5) is 0. The van der Waals surface area contributed by atoms with Crippen molar-refractivity contribution in [3.8, 4) is 5.75 Å². The molecule has 0 unspecified atom stereocenters. The molecule has 0 saturated heterocycles. The van der Waals surface area contributed by atoms with Crippen LogP contribution in [0.4, 0.5) is 11.4 Å². The molecule has 0 spiro atoms. The molecule has 2 rings (SSSR count). The molecular weight excluding hydrogens is 312 g/mol. The van der Waals surface area contributed by atoms with Gasteiger partial charge in [0.2, 0.25) is 10.0 Å². The fourth-order valence-corrected chi connectivity index (χ4v) is 2.65. The van der Waals surface area contributed by atoms with Crippen molar-refractivity contribution in [3.05, 3.63) is 53.6 Å². The molecule has 0 heterocycles. The van der Waals surface area contributed by atoms with Crippen LogP contribution in [0.3, 0.4) is 0 Å². The van der Waals surface area contributed by atoms with E-state index >= 15 is 0 Å². The van der Waals surface area contributed by atoms with Gasteiger partial charge >= 0.3 is 0 Å². The van der Waals surface area contributed by atoms with Crippen LogP contribution in [0, 0.1) is 0 Å². The lowest BCUT2D eigenvalue weighted by atomic mass is 10.3. The quantitative estimate of drug-likeness (QED) is 0.800. The monoisotopic (exact) mass is 326 g/mol. The summed E-state index contributed by atoms with van der Waals surface area (Å²) in [7, 11) is -3.48. The third kappa shape index (κ3) is 5.17. The number of nitrogen functional groups attached to an aromatic ring is 1. The molecule has 0 atom stereocenters. The number of rotatable bonds is 6. The lowest BCUT2D eigenvalue weighted by molar-refractivity contribution is 0.341. The Morgan fingerprint density at radius 2 is 1.86 bits per heavy atom. The highest BCUT2D eigenvalue weighted by molar-refractivity contribution is 7.92. The first-order valence-corrected chi connectivity index (χ1v) is 8.22. The van der Waals surface area contributed by atoms with Crippen LogP contribution in [0.25, 0.3) is 0 Å². The van der Waals surface area contributed by atoms with Gasteiger partial charge in [-0.3, -0.25) is 4.72 Å². The van der Waals surface area contributed by atoms with E-state index in [4.69, 9.17) is 22.1 Å². The van der Waals surface area contributed by atoms with E-state index < -0.39 is 10.0 Å². The Balaban J connectivity index is 1.88. The van der Waals surface area contributed by atoms with Crippen LogP contribution in [0.2, 0.25) is 5.02 Å². The molecule has 0 radical (unpaired) electrons. The molecule has 0 aliphatic rings. The van der Waals surface area contributed by atoms with Crippen LogP contribution < -0.4 is 15.2 Å². The van der Waals surface area contributed by atoms with Crippen molar-refractivity contribution in [2.75, 3.05) is 22.8 Å². The van der Waals surface area contributed by atoms with Crippen LogP contribution >= 0.6 is 11.6 Å². The number of halogens is 1. The van der Waals surface area contributed by atoms with Crippen LogP contribution in [0.1, 0.15) is 0 Å². The summed E-state index contributed by atoms with van der Waals surface area (Å²) in [6.45, 7) is 0.0341. The van der Waals surface area contributed by atoms with Gasteiger partial charge in [-0.15, -0.1) is 0 Å². The van der Waals surface area contributed by atoms with Gasteiger partial charge in [-0.1, -0.05) is 17.7 Å². The van der Waals surface area contributed by atoms with E-state index in [0.29, 0.717) is 22.1 Å². The van der Waals surface area contributed by atoms with Crippen molar-refractivity contribution in [1.82, 2.24) is 0 Å². The third-order valence-corrected chi connectivity index (χ3v) is 4.10. The molecule has 0 aliphatic carbocycles. The Morgan fingerprint density at radius 3 is 2.52 bits per heavy atom. The molecular formula is C14H15ClN2O3S. The largest absolute Gasteiger partial charge is 0.492 e. The molecule has 0 saturated carbocycles. The molecule has 2 aromatic rings. The van der Waals surface area contributed by atoms with Crippen molar-refractivity contribution >= 4 is 33.0 Å². The number of benzene rings is 2. The number of ether oxygens (including phenoxy) is 1. The highest BCUT2D eigenvalue weighted by atomic mass is 35.5. The minimum absolute atomic E-state index is 0.0341. The van der Waals surface area contributed by atoms with E-state index in [-0.39, 0.29) is 12.4 Å². The summed E-state index contributed by atoms with van der Waals surface area (Å²) >= 11 is 5.74. The summed E-state index contributed by atoms with van der Waals surface area (Å²) in [5, 5.41) is 0.544. The summed E-state index contributed by atoms with van der Waals surface area (Å²) in [6.07, 6.45) is 0. The van der Waals surface area contributed by atoms with E-state index in [1.807, 2.05) is 0 Å². The number of nitrogens with two attached hydrogens (primary N) is 1. The Morgan fingerprint density at radius 1 is 1.14 bits per heavy atom. The van der Waals surface area contributed by atoms with Crippen molar-refractivity contribution in [1.29, 1.82) is 0 Å². The molecule has 0 fully saturated rings. The minimum Gasteiger partial charge on any atom is -0.492 e. The van der Waals surface area contributed by atoms with Crippen molar-refractivity contribution in [2.24, 2.45) is 0 Å². The molecule has 2 aromatic carbocycles. The van der Waals surface area contributed by atoms with Crippen molar-refractivity contribution < 1.29 is 13.2 Å². The molecule has 0 aliphatic heterocycles. The minimum atomic E-state index is -3.48. The summed E-state index contributed by atoms with van der Waals surface area (Å²) in [6, 6.07) is 13.2. The van der Waals surface area contributed by atoms with E-state index in [1.54, 1.807) is 48.5 Å². The van der Waals surface area contributed by atoms with Crippen LogP contribution in [-0.4, -0.2) is 20.8 Å². The summed E-state index contributed by atoms with van der Waals surface area (Å²) < 4.78 is 31.6. The number of hydrogen-bond donors (Lipinski definition) is 2. The molecule has 112 valence electrons. The maximum atomic E-state index is 11.9. The van der Waals surface area contributed by atoms with Gasteiger partial charge in [0.05, 0.1) is 0 Å². The molecule has 3 N–H and O–H groups in total. The van der Waals surface area contributed by atoms with E-state index in [0.717, 1.165) is 0 Å². The molecule has 21 heavy (non-hydrogen) atoms. The average Bonchev–Trinajstić information content (AvgIpc) is 2.41. The fraction of sp³-hybridized carbons (Fsp3) is 0.143. The van der Waals surface area contributed by atoms with Gasteiger partial charge in [0.15, 0.2) is 0 Å². The second kappa shape index (κ2) is 6.69. The highest BCUT2D eigenvalue weighted by Gasteiger charge is 2.10. The highest BCUT2D eigenvalue weighted by Crippen LogP contribution is 2.16. The first kappa shape index (κ1) is 15.5. The first-order chi connectivity index (χ1) is 9.94. The second-order valence-electron chi connectivity index (χ2n) is 4.35. The fourth-order valence-electron chi connectivity index (χ4n) is 1.62. The Hall–Kier alpha value is -1.92. The van der Waals surface area contributed by atoms with Gasteiger partial charge in [0.25, 0.3) is 0 Å². The maximum absolute atomic E-state index is 11.9. The average molecular weight is 327 g/mol. The molecule has 7 heteroatoms. The van der Waals surface area contributed by atoms with Crippen molar-refractivity contribution in [2.45, 2.75) is 0 Å². The predicted octanol–water partition coefficient (Wildman–Crippen LogP) is 2.74. The topological polar surface area (TPSA) is 81.4 Å². The molecule has 5 nitrogen and oxygen atoms in total. The van der Waals surface area contributed by atoms with E-state index in [9.17, 15) is 8.42 Å². The lowest BCUT2D eigenvalue weighted by Gasteiger charge is -2.09. The molecule has 0 amide bonds. The molecule has 0 aromatic heterocycles. The van der Waals surface area contributed by atoms with Crippen LogP contribution in [-0.2, 0) is 10.0 Å². The Bertz CT molecular complexity index is 702. The zero-order valence-electron chi connectivity index (χ0n) is 11.1. The zero-order chi connectivity index (χ0) is 15.3. The number of nitrogens with one attached hydrogen (secondary N) is 1. The van der Waals surface area contributed by atoms with E-state index in [2.05, 4.69) is 4.72 Å². The normalized spacial score (nSPS) is 11.1. The predicted molar refractivity (Wildman–Crippen MR) is 85.2 cm³/mol.